The first-order chi connectivity index (χ1) is 58.3. The Bertz CT molecular complexity index is 3630. The maximum atomic E-state index is 12.4. The standard InChI is InChI=1S/C18H24N2O3S2.C14H15NO5S2.C9H8N2O7.C9H15NO.C8H11NOS2.C7H10O.C6H15N.C2H7NO.C2H3N.2CH2Cl2.Mg.H2O4S/c1-13-6-7-15(11-13)17-20(9-10-22-17)18(21)23-12-14(2)24-25-16-5-3-4-8-19-16;1-9(21-22-12-4-2-3-7-15-12)8-19-14(18)20-13-10(16)5-6-11(13)17;12-5-1-2-6(13)10(5)17-9(16)18-11-7(14)3-4-8(11)15;1-7-2-3-8(6-7)9-10-4-5-11-9;1-7(6-10)11-12-8-4-2-3-5-9-8;1-6-2-3-7(4-6)5-8;1-4-7(5-2)6-3;3-1-2-4;1-2-3;2*2-1-3;;1-4-5(2)3/h3-5,8,14-15,17H,1,6-7,9-12H2,2H3;2-4,7,9,13H,5-6,8H2,1H3;1-4H2;8-10H,1-6H2;2-5,7,10H,6H2,1H3;5,7H,1-4H2;4-6H2,1-3H3;4H,1-3H2;1H3;2*1H2;;1H,(H,2,3)/t14?,15-,17?;;;8-,9?;;7-;;;;;;;/m0..0.0......./s1. The maximum absolute atomic E-state index is 12.4. The Labute approximate surface area is 770 Å². The second-order valence-electron chi connectivity index (χ2n) is 26.1. The van der Waals surface area contributed by atoms with Gasteiger partial charge in [-0.3, -0.25) is 48.7 Å². The number of aromatic nitrogens is 3. The number of nitrogens with two attached hydrogens (primary N) is 1. The Morgan fingerprint density at radius 2 is 1.07 bits per heavy atom. The number of nitrogens with one attached hydrogen (secondary N) is 1. The number of hydroxylamine groups is 4. The number of nitriles is 1. The van der Waals surface area contributed by atoms with Crippen molar-refractivity contribution in [2.45, 2.75) is 194 Å². The molecule has 0 radical (unpaired) electrons. The van der Waals surface area contributed by atoms with Crippen molar-refractivity contribution in [2.75, 3.05) is 89.6 Å². The first-order valence-electron chi connectivity index (χ1n) is 38.5. The van der Waals surface area contributed by atoms with Gasteiger partial charge >= 0.3 is 63.9 Å². The number of hydrogen-bond donors (Lipinski definition) is 6. The van der Waals surface area contributed by atoms with Crippen molar-refractivity contribution in [1.29, 1.82) is 5.26 Å². The van der Waals surface area contributed by atoms with Gasteiger partial charge in [0.1, 0.15) is 47.0 Å². The van der Waals surface area contributed by atoms with Crippen molar-refractivity contribution < 1.29 is 110 Å². The van der Waals surface area contributed by atoms with E-state index in [-0.39, 0.29) is 119 Å². The number of amides is 5. The molecule has 0 aromatic carbocycles. The van der Waals surface area contributed by atoms with Gasteiger partial charge in [0.2, 0.25) is 6.10 Å². The number of pyridine rings is 3. The first kappa shape index (κ1) is 117. The summed E-state index contributed by atoms with van der Waals surface area (Å²) in [5.41, 5.74) is 8.67. The van der Waals surface area contributed by atoms with Gasteiger partial charge < -0.3 is 49.3 Å². The summed E-state index contributed by atoms with van der Waals surface area (Å²) < 4.78 is 47.1. The van der Waals surface area contributed by atoms with Gasteiger partial charge in [0.25, 0.3) is 23.6 Å². The van der Waals surface area contributed by atoms with E-state index in [0.717, 1.165) is 79.5 Å². The number of imide groups is 2. The fourth-order valence-corrected chi connectivity index (χ4v) is 16.1. The molecule has 4 aliphatic carbocycles. The number of rotatable bonds is 25. The number of Topliss-reactive ketones (excluding diaryl/α,β-unsaturated/α-hetero) is 2. The number of carbonyl (C=O) groups is 10. The normalized spacial score (nSPS) is 19.7. The van der Waals surface area contributed by atoms with Gasteiger partial charge in [0, 0.05) is 111 Å². The van der Waals surface area contributed by atoms with Gasteiger partial charge in [0.05, 0.1) is 49.7 Å². The summed E-state index contributed by atoms with van der Waals surface area (Å²) in [7, 11) is 6.14. The Hall–Kier alpha value is -4.96. The number of ketones is 2. The molecule has 122 heavy (non-hydrogen) atoms. The quantitative estimate of drug-likeness (QED) is 0.00438. The van der Waals surface area contributed by atoms with Crippen LogP contribution in [0.15, 0.2) is 125 Å². The molecule has 0 bridgehead atoms. The van der Waals surface area contributed by atoms with Crippen LogP contribution in [0.4, 0.5) is 14.4 Å². The molecule has 0 spiro atoms. The molecule has 682 valence electrons. The molecule has 3 aromatic heterocycles. The summed E-state index contributed by atoms with van der Waals surface area (Å²) in [6.45, 7) is 33.6. The minimum atomic E-state index is -3.33. The Morgan fingerprint density at radius 1 is 0.672 bits per heavy atom. The van der Waals surface area contributed by atoms with Crippen LogP contribution in [0.1, 0.15) is 145 Å². The van der Waals surface area contributed by atoms with Crippen molar-refractivity contribution in [3.05, 3.63) is 110 Å². The van der Waals surface area contributed by atoms with Crippen LogP contribution in [0.5, 0.6) is 0 Å². The molecule has 8 fully saturated rings. The molecule has 9 atom stereocenters. The van der Waals surface area contributed by atoms with E-state index in [2.05, 4.69) is 79.7 Å². The van der Waals surface area contributed by atoms with Gasteiger partial charge in [-0.2, -0.15) is 10.1 Å². The number of ether oxygens (including phenoxy) is 5. The molecule has 33 nitrogen and oxygen atoms in total. The number of carbonyl (C=O) groups excluding carboxylic acids is 10. The van der Waals surface area contributed by atoms with Gasteiger partial charge in [-0.1, -0.05) is 125 Å². The van der Waals surface area contributed by atoms with Gasteiger partial charge in [-0.15, -0.1) is 46.4 Å². The van der Waals surface area contributed by atoms with Gasteiger partial charge in [0.15, 0.2) is 11.6 Å². The number of halogens is 4. The predicted molar refractivity (Wildman–Crippen MR) is 479 cm³/mol. The first-order valence-corrected chi connectivity index (χ1v) is 50.6. The zero-order valence-corrected chi connectivity index (χ0v) is 79.8. The van der Waals surface area contributed by atoms with E-state index in [1.165, 1.54) is 77.7 Å². The average molecular weight is 1940 g/mol. The molecule has 3 aromatic rings. The van der Waals surface area contributed by atoms with E-state index in [1.807, 2.05) is 75.4 Å². The van der Waals surface area contributed by atoms with Crippen LogP contribution >= 0.6 is 111 Å². The number of aliphatic hydroxyl groups is 2. The van der Waals surface area contributed by atoms with E-state index >= 15 is 0 Å². The molecule has 6 unspecified atom stereocenters. The van der Waals surface area contributed by atoms with Crippen molar-refractivity contribution in [3.63, 3.8) is 0 Å². The van der Waals surface area contributed by atoms with Crippen LogP contribution in [0.25, 0.3) is 0 Å². The second kappa shape index (κ2) is 72.0. The van der Waals surface area contributed by atoms with E-state index in [9.17, 15) is 52.2 Å². The van der Waals surface area contributed by atoms with E-state index in [0.29, 0.717) is 70.1 Å². The number of aldehydes is 1. The molecule has 4 saturated heterocycles. The average Bonchev–Trinajstić information content (AvgIpc) is 1.67. The zero-order valence-electron chi connectivity index (χ0n) is 69.6. The summed E-state index contributed by atoms with van der Waals surface area (Å²) >= 11 is 19.7. The van der Waals surface area contributed by atoms with Crippen molar-refractivity contribution in [3.8, 4) is 6.07 Å². The van der Waals surface area contributed by atoms with Gasteiger partial charge in [-0.05, 0) is 160 Å². The van der Waals surface area contributed by atoms with E-state index in [4.69, 9.17) is 101 Å². The Balaban J connectivity index is 0.00000139. The summed E-state index contributed by atoms with van der Waals surface area (Å²) in [5.74, 6) is -2.12. The van der Waals surface area contributed by atoms with Crippen LogP contribution in [-0.4, -0.2) is 263 Å². The third-order valence-electron chi connectivity index (χ3n) is 16.5. The number of hydrogen-bond acceptors (Lipinski definition) is 35. The number of alkyl halides is 4. The van der Waals surface area contributed by atoms with Crippen LogP contribution in [-0.2, 0) is 78.6 Å². The SMILES string of the molecule is C=C1CC[C@H](C2NCCO2)C1.C=C1CC[C@H](C2OCCN2C(=O)OCC(C)SSc2ccccn2)C1.C=C1CC[C@H](C=O)C1.CC#N.CC(CO)SSc1ccccn1.CC(COC(=O)OC1C(=O)CCC1=O)SSc1ccccn1.CCN(CC)CC.ClCCl.ClCCl.NCCO.O=C(ON1C(=O)CCC1=O)ON1C(=O)CCC1=O.O=[S](O)(=[Mg])OO. The fourth-order valence-electron chi connectivity index (χ4n) is 10.6. The predicted octanol–water partition coefficient (Wildman–Crippen LogP) is 14.2. The fraction of sp³-hybridized carbons (Fsp3) is 0.584. The number of allylic oxidation sites excluding steroid dienone is 3. The third-order valence-corrected chi connectivity index (χ3v) is 25.3. The summed E-state index contributed by atoms with van der Waals surface area (Å²) in [4.78, 5) is 138. The molecule has 4 aliphatic heterocycles. The summed E-state index contributed by atoms with van der Waals surface area (Å²) in [5, 5.41) is 38.7. The van der Waals surface area contributed by atoms with Crippen LogP contribution in [0.3, 0.4) is 0 Å². The van der Waals surface area contributed by atoms with Crippen LogP contribution in [0.2, 0.25) is 0 Å². The zero-order chi connectivity index (χ0) is 91.8. The Morgan fingerprint density at radius 3 is 1.39 bits per heavy atom. The van der Waals surface area contributed by atoms with Crippen molar-refractivity contribution in [2.24, 2.45) is 23.5 Å². The monoisotopic (exact) mass is 1930 g/mol. The molecule has 11 rings (SSSR count). The molecule has 4 saturated carbocycles. The molecule has 45 heteroatoms. The summed E-state index contributed by atoms with van der Waals surface area (Å²) in [6, 6.07) is 19.0. The minimum absolute atomic E-state index is 0.00883. The molecular formula is C77H114Cl4MgN10O23S7. The van der Waals surface area contributed by atoms with Crippen LogP contribution < -0.4 is 11.1 Å². The Kier molecular flexibility index (Phi) is 69.1. The van der Waals surface area contributed by atoms with E-state index in [1.54, 1.807) is 72.7 Å². The van der Waals surface area contributed by atoms with Crippen LogP contribution in [0, 0.1) is 29.1 Å². The molecule has 5 amide bonds. The number of nitrogens with zero attached hydrogens (tertiary/aromatic N) is 8. The third kappa shape index (κ3) is 54.9. The summed E-state index contributed by atoms with van der Waals surface area (Å²) in [6.07, 6.45) is 12.1. The van der Waals surface area contributed by atoms with Crippen molar-refractivity contribution in [1.82, 2.24) is 40.2 Å². The van der Waals surface area contributed by atoms with Gasteiger partial charge in [-0.25, -0.2) is 24.5 Å². The van der Waals surface area contributed by atoms with E-state index < -0.39 is 49.4 Å². The second-order valence-corrected chi connectivity index (χ2v) is 39.2. The molecule has 7 N–H and O–H groups in total. The van der Waals surface area contributed by atoms with Crippen molar-refractivity contribution >= 4 is 198 Å². The molecular weight excluding hydrogens is 1820 g/mol. The molecule has 7 heterocycles. The number of aliphatic hydroxyl groups excluding tert-OH is 2. The topological polar surface area (TPSA) is 456 Å². The molecule has 8 aliphatic rings.